The first kappa shape index (κ1) is 16.4. The van der Waals surface area contributed by atoms with Crippen LogP contribution in [0.25, 0.3) is 10.8 Å². The number of benzene rings is 1. The van der Waals surface area contributed by atoms with Gasteiger partial charge in [0.25, 0.3) is 0 Å². The number of aromatic nitrogens is 1. The van der Waals surface area contributed by atoms with E-state index in [-0.39, 0.29) is 5.88 Å². The fourth-order valence-corrected chi connectivity index (χ4v) is 1.95. The summed E-state index contributed by atoms with van der Waals surface area (Å²) in [6, 6.07) is 7.13. The van der Waals surface area contributed by atoms with Gasteiger partial charge in [-0.15, -0.1) is 0 Å². The van der Waals surface area contributed by atoms with Gasteiger partial charge in [0.05, 0.1) is 0 Å². The van der Waals surface area contributed by atoms with Crippen molar-refractivity contribution in [1.29, 1.82) is 0 Å². The maximum atomic E-state index is 12.2. The zero-order valence-electron chi connectivity index (χ0n) is 12.4. The zero-order valence-corrected chi connectivity index (χ0v) is 12.4. The standard InChI is InChI=1S/C15H18F3N3O/c1-21(2)8-7-19-12-3-4-13-11(9-12)5-6-20-14(13)22-10-15(16,17)18/h3-6,9,19H,7-8,10H2,1-2H3. The Labute approximate surface area is 126 Å². The number of fused-ring (bicyclic) bond motifs is 1. The fraction of sp³-hybridized carbons (Fsp3) is 0.400. The zero-order chi connectivity index (χ0) is 16.2. The molecule has 7 heteroatoms. The van der Waals surface area contributed by atoms with Crippen molar-refractivity contribution in [3.05, 3.63) is 30.5 Å². The van der Waals surface area contributed by atoms with Crippen molar-refractivity contribution in [2.24, 2.45) is 0 Å². The summed E-state index contributed by atoms with van der Waals surface area (Å²) in [6.07, 6.45) is -2.94. The molecule has 120 valence electrons. The first-order valence-electron chi connectivity index (χ1n) is 6.82. The highest BCUT2D eigenvalue weighted by atomic mass is 19.4. The third-order valence-corrected chi connectivity index (χ3v) is 2.99. The minimum absolute atomic E-state index is 0.00494. The van der Waals surface area contributed by atoms with Crippen LogP contribution in [0.5, 0.6) is 5.88 Å². The Balaban J connectivity index is 2.13. The molecule has 1 heterocycles. The number of likely N-dealkylation sites (N-methyl/N-ethyl adjacent to an activating group) is 1. The third kappa shape index (κ3) is 4.77. The first-order valence-corrected chi connectivity index (χ1v) is 6.82. The third-order valence-electron chi connectivity index (χ3n) is 2.99. The van der Waals surface area contributed by atoms with Crippen molar-refractivity contribution in [3.8, 4) is 5.88 Å². The van der Waals surface area contributed by atoms with Crippen molar-refractivity contribution < 1.29 is 17.9 Å². The molecule has 0 fully saturated rings. The molecular weight excluding hydrogens is 295 g/mol. The van der Waals surface area contributed by atoms with Gasteiger partial charge in [0.15, 0.2) is 6.61 Å². The molecule has 1 aromatic carbocycles. The summed E-state index contributed by atoms with van der Waals surface area (Å²) in [5.74, 6) is -0.00494. The van der Waals surface area contributed by atoms with E-state index in [0.717, 1.165) is 24.2 Å². The van der Waals surface area contributed by atoms with Gasteiger partial charge in [-0.25, -0.2) is 4.98 Å². The van der Waals surface area contributed by atoms with Crippen LogP contribution >= 0.6 is 0 Å². The van der Waals surface area contributed by atoms with Gasteiger partial charge >= 0.3 is 6.18 Å². The Morgan fingerprint density at radius 2 is 2.00 bits per heavy atom. The SMILES string of the molecule is CN(C)CCNc1ccc2c(OCC(F)(F)F)nccc2c1. The highest BCUT2D eigenvalue weighted by molar-refractivity contribution is 5.89. The monoisotopic (exact) mass is 313 g/mol. The van der Waals surface area contributed by atoms with Crippen LogP contribution < -0.4 is 10.1 Å². The van der Waals surface area contributed by atoms with Crippen LogP contribution in [0.15, 0.2) is 30.5 Å². The van der Waals surface area contributed by atoms with Crippen molar-refractivity contribution in [1.82, 2.24) is 9.88 Å². The lowest BCUT2D eigenvalue weighted by atomic mass is 10.1. The Morgan fingerprint density at radius 1 is 1.23 bits per heavy atom. The average molecular weight is 313 g/mol. The molecule has 22 heavy (non-hydrogen) atoms. The predicted octanol–water partition coefficient (Wildman–Crippen LogP) is 3.15. The molecule has 0 spiro atoms. The quantitative estimate of drug-likeness (QED) is 0.889. The number of anilines is 1. The van der Waals surface area contributed by atoms with Gasteiger partial charge in [0, 0.05) is 30.4 Å². The van der Waals surface area contributed by atoms with Gasteiger partial charge in [0.2, 0.25) is 5.88 Å². The van der Waals surface area contributed by atoms with E-state index < -0.39 is 12.8 Å². The van der Waals surface area contributed by atoms with Crippen LogP contribution in [-0.2, 0) is 0 Å². The molecule has 0 amide bonds. The largest absolute Gasteiger partial charge is 0.468 e. The van der Waals surface area contributed by atoms with Gasteiger partial charge in [-0.2, -0.15) is 13.2 Å². The fourth-order valence-electron chi connectivity index (χ4n) is 1.95. The molecule has 2 rings (SSSR count). The van der Waals surface area contributed by atoms with Gasteiger partial charge in [-0.3, -0.25) is 0 Å². The number of nitrogens with zero attached hydrogens (tertiary/aromatic N) is 2. The lowest BCUT2D eigenvalue weighted by Crippen LogP contribution is -2.20. The summed E-state index contributed by atoms with van der Waals surface area (Å²) >= 11 is 0. The molecule has 0 saturated heterocycles. The average Bonchev–Trinajstić information content (AvgIpc) is 2.43. The molecule has 0 aliphatic heterocycles. The minimum atomic E-state index is -4.38. The van der Waals surface area contributed by atoms with E-state index in [1.54, 1.807) is 18.2 Å². The number of rotatable bonds is 6. The molecule has 0 unspecified atom stereocenters. The topological polar surface area (TPSA) is 37.4 Å². The molecule has 4 nitrogen and oxygen atoms in total. The van der Waals surface area contributed by atoms with E-state index in [4.69, 9.17) is 4.74 Å². The second kappa shape index (κ2) is 6.83. The smallest absolute Gasteiger partial charge is 0.422 e. The molecule has 0 aliphatic carbocycles. The van der Waals surface area contributed by atoms with Crippen LogP contribution in [0.4, 0.5) is 18.9 Å². The van der Waals surface area contributed by atoms with Crippen molar-refractivity contribution in [2.45, 2.75) is 6.18 Å². The maximum absolute atomic E-state index is 12.2. The normalized spacial score (nSPS) is 11.9. The number of nitrogens with one attached hydrogen (secondary N) is 1. The van der Waals surface area contributed by atoms with Crippen molar-refractivity contribution in [3.63, 3.8) is 0 Å². The van der Waals surface area contributed by atoms with Crippen molar-refractivity contribution in [2.75, 3.05) is 39.1 Å². The number of alkyl halides is 3. The van der Waals surface area contributed by atoms with E-state index >= 15 is 0 Å². The van der Waals surface area contributed by atoms with Gasteiger partial charge in [0.1, 0.15) is 0 Å². The Bertz CT molecular complexity index is 629. The van der Waals surface area contributed by atoms with E-state index in [2.05, 4.69) is 15.2 Å². The van der Waals surface area contributed by atoms with Crippen LogP contribution in [0.1, 0.15) is 0 Å². The number of pyridine rings is 1. The second-order valence-electron chi connectivity index (χ2n) is 5.19. The summed E-state index contributed by atoms with van der Waals surface area (Å²) in [5.41, 5.74) is 0.905. The Morgan fingerprint density at radius 3 is 2.68 bits per heavy atom. The van der Waals surface area contributed by atoms with E-state index in [9.17, 15) is 13.2 Å². The summed E-state index contributed by atoms with van der Waals surface area (Å²) in [6.45, 7) is 0.317. The number of hydrogen-bond acceptors (Lipinski definition) is 4. The van der Waals surface area contributed by atoms with E-state index in [1.165, 1.54) is 6.20 Å². The van der Waals surface area contributed by atoms with E-state index in [1.807, 2.05) is 20.2 Å². The highest BCUT2D eigenvalue weighted by Crippen LogP contribution is 2.27. The number of ether oxygens (including phenoxy) is 1. The Hall–Kier alpha value is -2.02. The second-order valence-corrected chi connectivity index (χ2v) is 5.19. The molecule has 0 bridgehead atoms. The summed E-state index contributed by atoms with van der Waals surface area (Å²) in [5, 5.41) is 4.60. The Kier molecular flexibility index (Phi) is 5.07. The minimum Gasteiger partial charge on any atom is -0.468 e. The predicted molar refractivity (Wildman–Crippen MR) is 80.3 cm³/mol. The maximum Gasteiger partial charge on any atom is 0.422 e. The van der Waals surface area contributed by atoms with Crippen molar-refractivity contribution >= 4 is 16.5 Å². The molecular formula is C15H18F3N3O. The molecule has 1 N–H and O–H groups in total. The van der Waals surface area contributed by atoms with Crippen LogP contribution in [-0.4, -0.2) is 49.9 Å². The molecule has 0 saturated carbocycles. The lowest BCUT2D eigenvalue weighted by Gasteiger charge is -2.13. The molecule has 0 atom stereocenters. The van der Waals surface area contributed by atoms with Gasteiger partial charge < -0.3 is 15.0 Å². The molecule has 0 aliphatic rings. The molecule has 1 aromatic heterocycles. The lowest BCUT2D eigenvalue weighted by molar-refractivity contribution is -0.153. The number of hydrogen-bond donors (Lipinski definition) is 1. The highest BCUT2D eigenvalue weighted by Gasteiger charge is 2.28. The summed E-state index contributed by atoms with van der Waals surface area (Å²) in [4.78, 5) is 5.93. The molecule has 2 aromatic rings. The van der Waals surface area contributed by atoms with Crippen LogP contribution in [0.3, 0.4) is 0 Å². The molecule has 0 radical (unpaired) electrons. The number of halogens is 3. The summed E-state index contributed by atoms with van der Waals surface area (Å²) in [7, 11) is 3.97. The van der Waals surface area contributed by atoms with Gasteiger partial charge in [-0.1, -0.05) is 0 Å². The van der Waals surface area contributed by atoms with E-state index in [0.29, 0.717) is 5.39 Å². The van der Waals surface area contributed by atoms with Crippen LogP contribution in [0.2, 0.25) is 0 Å². The first-order chi connectivity index (χ1) is 10.3. The van der Waals surface area contributed by atoms with Crippen LogP contribution in [0, 0.1) is 0 Å². The summed E-state index contributed by atoms with van der Waals surface area (Å²) < 4.78 is 41.5. The van der Waals surface area contributed by atoms with Gasteiger partial charge in [-0.05, 0) is 43.7 Å².